The third-order valence-electron chi connectivity index (χ3n) is 3.12. The molecule has 98 valence electrons. The average Bonchev–Trinajstić information content (AvgIpc) is 2.52. The van der Waals surface area contributed by atoms with Crippen molar-refractivity contribution in [3.8, 4) is 0 Å². The van der Waals surface area contributed by atoms with Crippen molar-refractivity contribution >= 4 is 46.4 Å². The molecule has 0 spiro atoms. The zero-order valence-electron chi connectivity index (χ0n) is 10.9. The van der Waals surface area contributed by atoms with Crippen LogP contribution in [0, 0.1) is 3.57 Å². The summed E-state index contributed by atoms with van der Waals surface area (Å²) in [5.74, 6) is 0. The third kappa shape index (κ3) is 2.94. The number of hydrogen-bond donors (Lipinski definition) is 0. The largest absolute Gasteiger partial charge is 0.0622 e. The van der Waals surface area contributed by atoms with E-state index in [-0.39, 0.29) is 0 Å². The lowest BCUT2D eigenvalue weighted by atomic mass is 10.4. The van der Waals surface area contributed by atoms with Gasteiger partial charge in [0.25, 0.3) is 0 Å². The fourth-order valence-electron chi connectivity index (χ4n) is 2.21. The molecular weight excluding hydrogens is 374 g/mol. The van der Waals surface area contributed by atoms with Crippen LogP contribution >= 0.6 is 30.5 Å². The van der Waals surface area contributed by atoms with Crippen LogP contribution in [0.3, 0.4) is 0 Å². The van der Waals surface area contributed by atoms with E-state index in [2.05, 4.69) is 108 Å². The first-order chi connectivity index (χ1) is 9.86. The second-order valence-corrected chi connectivity index (χ2v) is 7.81. The van der Waals surface area contributed by atoms with Crippen LogP contribution in [0.5, 0.6) is 0 Å². The minimum atomic E-state index is -0.474. The first kappa shape index (κ1) is 13.8. The lowest BCUT2D eigenvalue weighted by Crippen LogP contribution is -2.22. The highest BCUT2D eigenvalue weighted by atomic mass is 127. The minimum absolute atomic E-state index is 0.474. The van der Waals surface area contributed by atoms with Crippen molar-refractivity contribution < 1.29 is 0 Å². The summed E-state index contributed by atoms with van der Waals surface area (Å²) >= 11 is 2.45. The van der Waals surface area contributed by atoms with Crippen molar-refractivity contribution in [2.24, 2.45) is 0 Å². The summed E-state index contributed by atoms with van der Waals surface area (Å²) in [5.41, 5.74) is 0. The van der Waals surface area contributed by atoms with Crippen LogP contribution in [0.1, 0.15) is 0 Å². The molecule has 0 fully saturated rings. The first-order valence-electron chi connectivity index (χ1n) is 6.51. The van der Waals surface area contributed by atoms with Crippen LogP contribution in [0.4, 0.5) is 0 Å². The van der Waals surface area contributed by atoms with E-state index in [0.717, 1.165) is 0 Å². The Morgan fingerprint density at radius 2 is 1.00 bits per heavy atom. The van der Waals surface area contributed by atoms with E-state index in [1.165, 1.54) is 19.5 Å². The molecule has 0 saturated carbocycles. The average molecular weight is 388 g/mol. The van der Waals surface area contributed by atoms with Gasteiger partial charge in [-0.2, -0.15) is 0 Å². The van der Waals surface area contributed by atoms with Crippen molar-refractivity contribution in [1.82, 2.24) is 0 Å². The third-order valence-corrected chi connectivity index (χ3v) is 6.99. The Kier molecular flexibility index (Phi) is 4.49. The van der Waals surface area contributed by atoms with Crippen LogP contribution < -0.4 is 15.9 Å². The Morgan fingerprint density at radius 1 is 0.550 bits per heavy atom. The van der Waals surface area contributed by atoms with E-state index in [4.69, 9.17) is 0 Å². The molecule has 0 bridgehead atoms. The van der Waals surface area contributed by atoms with Crippen LogP contribution in [0.15, 0.2) is 84.9 Å². The highest BCUT2D eigenvalue weighted by molar-refractivity contribution is 14.1. The Morgan fingerprint density at radius 3 is 1.50 bits per heavy atom. The summed E-state index contributed by atoms with van der Waals surface area (Å²) in [6.07, 6.45) is 0. The van der Waals surface area contributed by atoms with Crippen LogP contribution in [-0.2, 0) is 0 Å². The molecule has 0 aliphatic carbocycles. The molecule has 0 aliphatic heterocycles. The van der Waals surface area contributed by atoms with Crippen molar-refractivity contribution in [1.29, 1.82) is 0 Å². The fourth-order valence-corrected chi connectivity index (χ4v) is 5.64. The molecule has 0 saturated heterocycles. The maximum absolute atomic E-state index is 2.45. The van der Waals surface area contributed by atoms with Gasteiger partial charge in [0.15, 0.2) is 0 Å². The van der Waals surface area contributed by atoms with E-state index in [1.54, 1.807) is 0 Å². The van der Waals surface area contributed by atoms with Gasteiger partial charge in [0.1, 0.15) is 0 Å². The molecule has 0 amide bonds. The molecular formula is C18H14IP. The van der Waals surface area contributed by atoms with E-state index in [9.17, 15) is 0 Å². The monoisotopic (exact) mass is 388 g/mol. The molecule has 2 heteroatoms. The van der Waals surface area contributed by atoms with E-state index < -0.39 is 7.92 Å². The van der Waals surface area contributed by atoms with Gasteiger partial charge in [0, 0.05) is 3.57 Å². The van der Waals surface area contributed by atoms with Gasteiger partial charge in [-0.3, -0.25) is 0 Å². The number of benzene rings is 3. The zero-order chi connectivity index (χ0) is 13.8. The Hall–Kier alpha value is -1.18. The molecule has 0 nitrogen and oxygen atoms in total. The van der Waals surface area contributed by atoms with Crippen LogP contribution in [-0.4, -0.2) is 0 Å². The van der Waals surface area contributed by atoms with Gasteiger partial charge in [0.2, 0.25) is 0 Å². The summed E-state index contributed by atoms with van der Waals surface area (Å²) in [4.78, 5) is 0. The lowest BCUT2D eigenvalue weighted by molar-refractivity contribution is 1.70. The topological polar surface area (TPSA) is 0 Å². The molecule has 0 heterocycles. The Bertz CT molecular complexity index is 641. The molecule has 0 aromatic heterocycles. The van der Waals surface area contributed by atoms with Gasteiger partial charge < -0.3 is 0 Å². The van der Waals surface area contributed by atoms with Gasteiger partial charge >= 0.3 is 0 Å². The Labute approximate surface area is 134 Å². The van der Waals surface area contributed by atoms with E-state index >= 15 is 0 Å². The molecule has 0 radical (unpaired) electrons. The minimum Gasteiger partial charge on any atom is -0.0622 e. The van der Waals surface area contributed by atoms with Gasteiger partial charge in [-0.05, 0) is 52.5 Å². The lowest BCUT2D eigenvalue weighted by Gasteiger charge is -2.20. The fraction of sp³-hybridized carbons (Fsp3) is 0. The highest BCUT2D eigenvalue weighted by Gasteiger charge is 2.17. The number of hydrogen-bond acceptors (Lipinski definition) is 0. The maximum atomic E-state index is 2.45. The van der Waals surface area contributed by atoms with Crippen molar-refractivity contribution in [3.63, 3.8) is 0 Å². The summed E-state index contributed by atoms with van der Waals surface area (Å²) in [5, 5.41) is 4.23. The molecule has 0 atom stereocenters. The van der Waals surface area contributed by atoms with E-state index in [1.807, 2.05) is 0 Å². The quantitative estimate of drug-likeness (QED) is 0.469. The molecule has 20 heavy (non-hydrogen) atoms. The predicted octanol–water partition coefficient (Wildman–Crippen LogP) is 4.05. The molecule has 3 aromatic carbocycles. The van der Waals surface area contributed by atoms with Crippen molar-refractivity contribution in [3.05, 3.63) is 88.5 Å². The van der Waals surface area contributed by atoms with Gasteiger partial charge in [-0.15, -0.1) is 0 Å². The van der Waals surface area contributed by atoms with Crippen molar-refractivity contribution in [2.75, 3.05) is 0 Å². The number of halogens is 1. The summed E-state index contributed by atoms with van der Waals surface area (Å²) in [7, 11) is -0.474. The van der Waals surface area contributed by atoms with Crippen LogP contribution in [0.2, 0.25) is 0 Å². The number of rotatable bonds is 3. The summed E-state index contributed by atoms with van der Waals surface area (Å²) < 4.78 is 1.34. The first-order valence-corrected chi connectivity index (χ1v) is 8.93. The molecule has 0 N–H and O–H groups in total. The van der Waals surface area contributed by atoms with Crippen LogP contribution in [0.25, 0.3) is 0 Å². The molecule has 0 unspecified atom stereocenters. The normalized spacial score (nSPS) is 10.7. The predicted molar refractivity (Wildman–Crippen MR) is 97.9 cm³/mol. The van der Waals surface area contributed by atoms with Gasteiger partial charge in [0.05, 0.1) is 0 Å². The zero-order valence-corrected chi connectivity index (χ0v) is 14.0. The maximum Gasteiger partial charge on any atom is 0.0213 e. The summed E-state index contributed by atoms with van der Waals surface area (Å²) in [6.45, 7) is 0. The second-order valence-electron chi connectivity index (χ2n) is 4.46. The molecule has 3 aromatic rings. The molecule has 0 aliphatic rings. The second kappa shape index (κ2) is 6.51. The van der Waals surface area contributed by atoms with Crippen molar-refractivity contribution in [2.45, 2.75) is 0 Å². The van der Waals surface area contributed by atoms with Gasteiger partial charge in [-0.1, -0.05) is 78.9 Å². The summed E-state index contributed by atoms with van der Waals surface area (Å²) in [6, 6.07) is 30.3. The molecule has 3 rings (SSSR count). The van der Waals surface area contributed by atoms with E-state index in [0.29, 0.717) is 0 Å². The highest BCUT2D eigenvalue weighted by Crippen LogP contribution is 2.34. The SMILES string of the molecule is Ic1ccccc1P(c1ccccc1)c1ccccc1. The Balaban J connectivity index is 2.17. The standard InChI is InChI=1S/C18H14IP/c19-17-13-7-8-14-18(17)20(15-9-3-1-4-10-15)16-11-5-2-6-12-16/h1-14H. The smallest absolute Gasteiger partial charge is 0.0213 e. The van der Waals surface area contributed by atoms with Gasteiger partial charge in [-0.25, -0.2) is 0 Å².